The van der Waals surface area contributed by atoms with Crippen LogP contribution in [0.5, 0.6) is 0 Å². The summed E-state index contributed by atoms with van der Waals surface area (Å²) in [6, 6.07) is 4.11. The van der Waals surface area contributed by atoms with E-state index >= 15 is 0 Å². The van der Waals surface area contributed by atoms with Crippen LogP contribution in [0.15, 0.2) is 22.0 Å². The molecule has 1 atom stereocenters. The number of thioether (sulfide) groups is 1. The first-order valence-electron chi connectivity index (χ1n) is 5.58. The molecule has 0 saturated carbocycles. The third kappa shape index (κ3) is 4.63. The normalized spacial score (nSPS) is 13.6. The molecule has 5 nitrogen and oxygen atoms in total. The van der Waals surface area contributed by atoms with E-state index in [9.17, 15) is 8.42 Å². The smallest absolute Gasteiger partial charge is 0.236 e. The first-order valence-corrected chi connectivity index (χ1v) is 9.57. The van der Waals surface area contributed by atoms with E-state index in [-0.39, 0.29) is 11.6 Å². The number of thiophene rings is 1. The molecule has 0 aromatic carbocycles. The van der Waals surface area contributed by atoms with Gasteiger partial charge in [0.1, 0.15) is 5.75 Å². The zero-order valence-electron chi connectivity index (χ0n) is 10.6. The van der Waals surface area contributed by atoms with Crippen molar-refractivity contribution in [2.75, 3.05) is 6.26 Å². The van der Waals surface area contributed by atoms with E-state index in [2.05, 4.69) is 23.1 Å². The lowest BCUT2D eigenvalue weighted by molar-refractivity contribution is 0.386. The molecule has 8 heteroatoms. The molecule has 0 fully saturated rings. The Morgan fingerprint density at radius 2 is 2.32 bits per heavy atom. The van der Waals surface area contributed by atoms with E-state index in [4.69, 9.17) is 4.52 Å². The van der Waals surface area contributed by atoms with E-state index in [0.717, 1.165) is 6.26 Å². The summed E-state index contributed by atoms with van der Waals surface area (Å²) in [5.74, 6) is 1.09. The summed E-state index contributed by atoms with van der Waals surface area (Å²) >= 11 is 3.40. The van der Waals surface area contributed by atoms with Gasteiger partial charge in [0.15, 0.2) is 15.7 Å². The third-order valence-corrected chi connectivity index (χ3v) is 5.46. The second-order valence-corrected chi connectivity index (χ2v) is 8.59. The maximum absolute atomic E-state index is 11.1. The minimum absolute atomic E-state index is 0.179. The number of sulfone groups is 1. The fourth-order valence-electron chi connectivity index (χ4n) is 1.44. The van der Waals surface area contributed by atoms with Crippen molar-refractivity contribution in [2.45, 2.75) is 23.7 Å². The molecular formula is C11H14N2O3S3. The van der Waals surface area contributed by atoms with Crippen LogP contribution in [0.25, 0.3) is 0 Å². The van der Waals surface area contributed by atoms with E-state index in [1.54, 1.807) is 23.1 Å². The molecule has 0 aliphatic rings. The molecule has 19 heavy (non-hydrogen) atoms. The van der Waals surface area contributed by atoms with Crippen molar-refractivity contribution in [3.63, 3.8) is 0 Å². The Hall–Kier alpha value is -0.860. The predicted octanol–water partition coefficient (Wildman–Crippen LogP) is 2.67. The van der Waals surface area contributed by atoms with E-state index in [1.165, 1.54) is 4.88 Å². The van der Waals surface area contributed by atoms with Crippen LogP contribution < -0.4 is 0 Å². The van der Waals surface area contributed by atoms with Gasteiger partial charge in [-0.2, -0.15) is 4.98 Å². The summed E-state index contributed by atoms with van der Waals surface area (Å²) in [4.78, 5) is 5.37. The number of hydrogen-bond donors (Lipinski definition) is 0. The van der Waals surface area contributed by atoms with Gasteiger partial charge < -0.3 is 4.52 Å². The lowest BCUT2D eigenvalue weighted by Gasteiger charge is -2.06. The van der Waals surface area contributed by atoms with Gasteiger partial charge in [0.25, 0.3) is 0 Å². The number of nitrogens with zero attached hydrogens (tertiary/aromatic N) is 2. The largest absolute Gasteiger partial charge is 0.338 e. The molecule has 0 aliphatic carbocycles. The zero-order chi connectivity index (χ0) is 13.9. The molecule has 0 spiro atoms. The fourth-order valence-corrected chi connectivity index (χ4v) is 3.82. The highest BCUT2D eigenvalue weighted by molar-refractivity contribution is 7.98. The van der Waals surface area contributed by atoms with Gasteiger partial charge in [-0.1, -0.05) is 11.2 Å². The van der Waals surface area contributed by atoms with Gasteiger partial charge in [-0.3, -0.25) is 0 Å². The average molecular weight is 318 g/mol. The molecule has 2 aromatic rings. The van der Waals surface area contributed by atoms with Crippen molar-refractivity contribution in [1.29, 1.82) is 0 Å². The summed E-state index contributed by atoms with van der Waals surface area (Å²) in [6.45, 7) is 2.12. The van der Waals surface area contributed by atoms with E-state index in [0.29, 0.717) is 16.9 Å². The zero-order valence-corrected chi connectivity index (χ0v) is 13.0. The molecule has 2 heterocycles. The summed E-state index contributed by atoms with van der Waals surface area (Å²) in [5, 5.41) is 6.06. The molecule has 0 aliphatic heterocycles. The highest BCUT2D eigenvalue weighted by Gasteiger charge is 2.14. The maximum Gasteiger partial charge on any atom is 0.236 e. The predicted molar refractivity (Wildman–Crippen MR) is 76.9 cm³/mol. The standard InChI is InChI=1S/C11H14N2O3S3/c1-8(9-4-3-5-17-9)18-6-11-12-10(13-16-11)7-19(2,14)15/h3-5,8H,6-7H2,1-2H3. The molecule has 2 aromatic heterocycles. The highest BCUT2D eigenvalue weighted by Crippen LogP contribution is 2.33. The van der Waals surface area contributed by atoms with Crippen molar-refractivity contribution < 1.29 is 12.9 Å². The lowest BCUT2D eigenvalue weighted by atomic mass is 10.4. The topological polar surface area (TPSA) is 73.1 Å². The molecule has 104 valence electrons. The Kier molecular flexibility index (Phi) is 4.64. The number of aromatic nitrogens is 2. The molecule has 0 radical (unpaired) electrons. The van der Waals surface area contributed by atoms with Crippen LogP contribution >= 0.6 is 23.1 Å². The van der Waals surface area contributed by atoms with Gasteiger partial charge >= 0.3 is 0 Å². The molecule has 0 bridgehead atoms. The number of hydrogen-bond acceptors (Lipinski definition) is 7. The maximum atomic E-state index is 11.1. The summed E-state index contributed by atoms with van der Waals surface area (Å²) in [5.41, 5.74) is 0. The summed E-state index contributed by atoms with van der Waals surface area (Å²) in [7, 11) is -3.12. The van der Waals surface area contributed by atoms with Crippen LogP contribution in [-0.4, -0.2) is 24.8 Å². The quantitative estimate of drug-likeness (QED) is 0.815. The molecule has 2 rings (SSSR count). The Labute approximate surface area is 120 Å². The minimum atomic E-state index is -3.12. The first-order chi connectivity index (χ1) is 8.94. The van der Waals surface area contributed by atoms with E-state index in [1.807, 2.05) is 11.4 Å². The second kappa shape index (κ2) is 6.06. The van der Waals surface area contributed by atoms with Crippen LogP contribution in [0.2, 0.25) is 0 Å². The summed E-state index contributed by atoms with van der Waals surface area (Å²) < 4.78 is 27.2. The van der Waals surface area contributed by atoms with Crippen molar-refractivity contribution in [3.05, 3.63) is 34.1 Å². The van der Waals surface area contributed by atoms with Gasteiger partial charge in [-0.25, -0.2) is 8.42 Å². The second-order valence-electron chi connectivity index (χ2n) is 4.14. The SMILES string of the molecule is CC(SCc1nc(CS(C)(=O)=O)no1)c1cccs1. The molecule has 0 amide bonds. The van der Waals surface area contributed by atoms with Crippen molar-refractivity contribution in [3.8, 4) is 0 Å². The third-order valence-electron chi connectivity index (χ3n) is 2.30. The highest BCUT2D eigenvalue weighted by atomic mass is 32.2. The summed E-state index contributed by atoms with van der Waals surface area (Å²) in [6.07, 6.45) is 1.15. The van der Waals surface area contributed by atoms with Crippen LogP contribution in [0.1, 0.15) is 28.8 Å². The molecule has 0 N–H and O–H groups in total. The van der Waals surface area contributed by atoms with Crippen LogP contribution in [-0.2, 0) is 21.3 Å². The number of rotatable bonds is 6. The Morgan fingerprint density at radius 3 is 2.95 bits per heavy atom. The van der Waals surface area contributed by atoms with Gasteiger partial charge in [0.2, 0.25) is 5.89 Å². The monoisotopic (exact) mass is 318 g/mol. The molecule has 1 unspecified atom stereocenters. The Bertz CT molecular complexity index is 619. The van der Waals surface area contributed by atoms with Crippen LogP contribution in [0, 0.1) is 0 Å². The van der Waals surface area contributed by atoms with Gasteiger partial charge in [0, 0.05) is 16.4 Å². The van der Waals surface area contributed by atoms with Crippen molar-refractivity contribution in [1.82, 2.24) is 10.1 Å². The Balaban J connectivity index is 1.90. The molecular weight excluding hydrogens is 304 g/mol. The lowest BCUT2D eigenvalue weighted by Crippen LogP contribution is -2.02. The molecule has 0 saturated heterocycles. The van der Waals surface area contributed by atoms with Crippen LogP contribution in [0.3, 0.4) is 0 Å². The van der Waals surface area contributed by atoms with Crippen molar-refractivity contribution in [2.24, 2.45) is 0 Å². The minimum Gasteiger partial charge on any atom is -0.338 e. The first kappa shape index (κ1) is 14.5. The van der Waals surface area contributed by atoms with Crippen molar-refractivity contribution >= 4 is 32.9 Å². The average Bonchev–Trinajstić information content (AvgIpc) is 2.94. The van der Waals surface area contributed by atoms with Gasteiger partial charge in [-0.15, -0.1) is 23.1 Å². The van der Waals surface area contributed by atoms with E-state index < -0.39 is 9.84 Å². The Morgan fingerprint density at radius 1 is 1.53 bits per heavy atom. The van der Waals surface area contributed by atoms with Crippen LogP contribution in [0.4, 0.5) is 0 Å². The van der Waals surface area contributed by atoms with Gasteiger partial charge in [-0.05, 0) is 18.4 Å². The fraction of sp³-hybridized carbons (Fsp3) is 0.455. The van der Waals surface area contributed by atoms with Gasteiger partial charge in [0.05, 0.1) is 5.75 Å².